The van der Waals surface area contributed by atoms with Crippen LogP contribution >= 0.6 is 11.3 Å². The van der Waals surface area contributed by atoms with Crippen LogP contribution in [0.2, 0.25) is 0 Å². The van der Waals surface area contributed by atoms with Gasteiger partial charge >= 0.3 is 0 Å². The molecule has 148 valence electrons. The molecular formula is C30H17NS. The van der Waals surface area contributed by atoms with Crippen LogP contribution in [0.25, 0.3) is 74.3 Å². The summed E-state index contributed by atoms with van der Waals surface area (Å²) in [5, 5.41) is 13.4. The summed E-state index contributed by atoms with van der Waals surface area (Å²) < 4.78 is 2.73. The van der Waals surface area contributed by atoms with Gasteiger partial charge in [0, 0.05) is 52.6 Å². The van der Waals surface area contributed by atoms with Gasteiger partial charge in [-0.15, -0.1) is 11.3 Å². The van der Waals surface area contributed by atoms with Crippen molar-refractivity contribution in [3.8, 4) is 0 Å². The molecule has 0 saturated carbocycles. The van der Waals surface area contributed by atoms with Crippen molar-refractivity contribution in [3.05, 3.63) is 97.1 Å². The number of para-hydroxylation sites is 1. The van der Waals surface area contributed by atoms with Crippen molar-refractivity contribution in [1.82, 2.24) is 4.98 Å². The van der Waals surface area contributed by atoms with Crippen LogP contribution in [0, 0.1) is 0 Å². The molecule has 0 radical (unpaired) electrons. The Kier molecular flexibility index (Phi) is 3.08. The molecule has 8 aromatic rings. The number of rotatable bonds is 0. The zero-order valence-corrected chi connectivity index (χ0v) is 18.0. The first kappa shape index (κ1) is 16.8. The molecule has 1 nitrogen and oxygen atoms in total. The van der Waals surface area contributed by atoms with Gasteiger partial charge in [0.25, 0.3) is 0 Å². The van der Waals surface area contributed by atoms with E-state index in [2.05, 4.69) is 102 Å². The van der Waals surface area contributed by atoms with Gasteiger partial charge in [-0.1, -0.05) is 84.9 Å². The fourth-order valence-corrected chi connectivity index (χ4v) is 6.95. The summed E-state index contributed by atoms with van der Waals surface area (Å²) in [7, 11) is 0. The summed E-state index contributed by atoms with van der Waals surface area (Å²) in [5.41, 5.74) is 2.44. The van der Waals surface area contributed by atoms with E-state index < -0.39 is 0 Å². The number of hydrogen-bond acceptors (Lipinski definition) is 1. The molecule has 1 N–H and O–H groups in total. The highest BCUT2D eigenvalue weighted by Crippen LogP contribution is 2.49. The van der Waals surface area contributed by atoms with Crippen molar-refractivity contribution >= 4 is 85.6 Å². The molecule has 0 saturated heterocycles. The zero-order chi connectivity index (χ0) is 20.8. The van der Waals surface area contributed by atoms with E-state index in [1.54, 1.807) is 0 Å². The molecule has 2 heterocycles. The Morgan fingerprint density at radius 3 is 1.78 bits per heavy atom. The van der Waals surface area contributed by atoms with Gasteiger partial charge < -0.3 is 4.98 Å². The maximum atomic E-state index is 3.81. The molecule has 0 unspecified atom stereocenters. The molecule has 32 heavy (non-hydrogen) atoms. The van der Waals surface area contributed by atoms with Crippen molar-refractivity contribution in [1.29, 1.82) is 0 Å². The molecule has 8 rings (SSSR count). The number of H-pyrrole nitrogens is 1. The Labute approximate surface area is 187 Å². The number of benzene rings is 6. The number of aromatic amines is 1. The lowest BCUT2D eigenvalue weighted by Gasteiger charge is -2.13. The molecule has 2 aromatic heterocycles. The maximum absolute atomic E-state index is 3.81. The van der Waals surface area contributed by atoms with Crippen LogP contribution in [0.3, 0.4) is 0 Å². The second kappa shape index (κ2) is 5.87. The largest absolute Gasteiger partial charge is 0.354 e. The first-order valence-corrected chi connectivity index (χ1v) is 11.8. The van der Waals surface area contributed by atoms with Crippen LogP contribution in [0.1, 0.15) is 0 Å². The Hall–Kier alpha value is -3.88. The molecule has 0 fully saturated rings. The normalized spacial score (nSPS) is 12.4. The lowest BCUT2D eigenvalue weighted by Crippen LogP contribution is -1.85. The van der Waals surface area contributed by atoms with Crippen LogP contribution in [0.4, 0.5) is 0 Å². The van der Waals surface area contributed by atoms with E-state index in [0.29, 0.717) is 0 Å². The quantitative estimate of drug-likeness (QED) is 0.234. The summed E-state index contributed by atoms with van der Waals surface area (Å²) >= 11 is 1.91. The molecule has 6 aromatic carbocycles. The molecule has 0 amide bonds. The smallest absolute Gasteiger partial charge is 0.0557 e. The van der Waals surface area contributed by atoms with E-state index in [-0.39, 0.29) is 0 Å². The third-order valence-corrected chi connectivity index (χ3v) is 8.16. The topological polar surface area (TPSA) is 15.8 Å². The van der Waals surface area contributed by atoms with Gasteiger partial charge in [-0.3, -0.25) is 0 Å². The summed E-state index contributed by atoms with van der Waals surface area (Å²) in [5.74, 6) is 0. The zero-order valence-electron chi connectivity index (χ0n) is 17.1. The molecule has 0 aliphatic rings. The van der Waals surface area contributed by atoms with Crippen molar-refractivity contribution in [3.63, 3.8) is 0 Å². The van der Waals surface area contributed by atoms with Gasteiger partial charge in [0.1, 0.15) is 0 Å². The average Bonchev–Trinajstić information content (AvgIpc) is 3.43. The highest BCUT2D eigenvalue weighted by atomic mass is 32.1. The maximum Gasteiger partial charge on any atom is 0.0557 e. The fourth-order valence-electron chi connectivity index (χ4n) is 5.70. The van der Waals surface area contributed by atoms with Gasteiger partial charge in [0.05, 0.1) is 5.52 Å². The lowest BCUT2D eigenvalue weighted by atomic mass is 9.90. The van der Waals surface area contributed by atoms with E-state index in [1.165, 1.54) is 74.3 Å². The Balaban J connectivity index is 1.86. The number of nitrogens with one attached hydrogen (secondary N) is 1. The Bertz CT molecular complexity index is 2040. The second-order valence-corrected chi connectivity index (χ2v) is 9.62. The average molecular weight is 424 g/mol. The second-order valence-electron chi connectivity index (χ2n) is 8.56. The van der Waals surface area contributed by atoms with Gasteiger partial charge in [0.15, 0.2) is 0 Å². The number of aromatic nitrogens is 1. The fraction of sp³-hybridized carbons (Fsp3) is 0. The van der Waals surface area contributed by atoms with Gasteiger partial charge in [-0.05, 0) is 28.3 Å². The Morgan fingerprint density at radius 1 is 0.438 bits per heavy atom. The summed E-state index contributed by atoms with van der Waals surface area (Å²) in [6.45, 7) is 0. The van der Waals surface area contributed by atoms with Crippen LogP contribution < -0.4 is 0 Å². The van der Waals surface area contributed by atoms with Crippen LogP contribution in [0.15, 0.2) is 97.1 Å². The van der Waals surface area contributed by atoms with Crippen LogP contribution in [0.5, 0.6) is 0 Å². The summed E-state index contributed by atoms with van der Waals surface area (Å²) in [6.07, 6.45) is 0. The molecule has 0 aliphatic heterocycles. The molecule has 0 atom stereocenters. The number of hydrogen-bond donors (Lipinski definition) is 1. The summed E-state index contributed by atoms with van der Waals surface area (Å²) in [4.78, 5) is 3.81. The predicted octanol–water partition coefficient (Wildman–Crippen LogP) is 9.15. The standard InChI is InChI=1S/C30H17NS/c1-2-10-18-17(9-1)25-21-13-5-7-15-23(21)31-29(25)27-19-11-3-4-12-20(19)30-28(26(18)27)22-14-6-8-16-24(22)32-30/h1-16,31H. The minimum atomic E-state index is 1.19. The third-order valence-electron chi connectivity index (χ3n) is 6.96. The van der Waals surface area contributed by atoms with Crippen LogP contribution in [-0.4, -0.2) is 4.98 Å². The van der Waals surface area contributed by atoms with Gasteiger partial charge in [0.2, 0.25) is 0 Å². The number of fused-ring (bicyclic) bond motifs is 15. The van der Waals surface area contributed by atoms with Crippen molar-refractivity contribution in [2.75, 3.05) is 0 Å². The molecular weight excluding hydrogens is 406 g/mol. The summed E-state index contributed by atoms with van der Waals surface area (Å²) in [6, 6.07) is 35.4. The predicted molar refractivity (Wildman–Crippen MR) is 141 cm³/mol. The van der Waals surface area contributed by atoms with Gasteiger partial charge in [-0.2, -0.15) is 0 Å². The Morgan fingerprint density at radius 2 is 1.00 bits per heavy atom. The van der Waals surface area contributed by atoms with E-state index in [0.717, 1.165) is 0 Å². The molecule has 0 spiro atoms. The van der Waals surface area contributed by atoms with E-state index in [9.17, 15) is 0 Å². The van der Waals surface area contributed by atoms with Crippen LogP contribution in [-0.2, 0) is 0 Å². The third kappa shape index (κ3) is 1.94. The minimum Gasteiger partial charge on any atom is -0.354 e. The van der Waals surface area contributed by atoms with Crippen molar-refractivity contribution < 1.29 is 0 Å². The van der Waals surface area contributed by atoms with E-state index in [1.807, 2.05) is 11.3 Å². The SMILES string of the molecule is c1ccc2c(c1)[nH]c1c2c2ccccc2c2c1c1ccccc1c1sc3ccccc3c12. The molecule has 2 heteroatoms. The first-order valence-electron chi connectivity index (χ1n) is 11.0. The highest BCUT2D eigenvalue weighted by molar-refractivity contribution is 7.27. The highest BCUT2D eigenvalue weighted by Gasteiger charge is 2.20. The monoisotopic (exact) mass is 423 g/mol. The minimum absolute atomic E-state index is 1.19. The van der Waals surface area contributed by atoms with E-state index in [4.69, 9.17) is 0 Å². The number of thiophene rings is 1. The lowest BCUT2D eigenvalue weighted by molar-refractivity contribution is 1.57. The molecule has 0 aliphatic carbocycles. The van der Waals surface area contributed by atoms with Crippen molar-refractivity contribution in [2.24, 2.45) is 0 Å². The first-order chi connectivity index (χ1) is 15.9. The van der Waals surface area contributed by atoms with E-state index >= 15 is 0 Å². The van der Waals surface area contributed by atoms with Gasteiger partial charge in [-0.25, -0.2) is 0 Å². The molecule has 0 bridgehead atoms. The van der Waals surface area contributed by atoms with Crippen molar-refractivity contribution in [2.45, 2.75) is 0 Å².